The summed E-state index contributed by atoms with van der Waals surface area (Å²) in [4.78, 5) is 13.8. The van der Waals surface area contributed by atoms with Gasteiger partial charge in [-0.25, -0.2) is 0 Å². The second-order valence-corrected chi connectivity index (χ2v) is 3.27. The normalized spacial score (nSPS) is 15.8. The lowest BCUT2D eigenvalue weighted by Gasteiger charge is -2.19. The Morgan fingerprint density at radius 2 is 2.12 bits per heavy atom. The SMILES string of the molecule is CCOC(=O)C(N=[N+]=[N-])C(O)CC(O)CC. The zero-order valence-corrected chi connectivity index (χ0v) is 9.41. The van der Waals surface area contributed by atoms with Gasteiger partial charge < -0.3 is 14.9 Å². The van der Waals surface area contributed by atoms with Gasteiger partial charge in [0.05, 0.1) is 18.8 Å². The summed E-state index contributed by atoms with van der Waals surface area (Å²) in [5, 5.41) is 22.1. The Kier molecular flexibility index (Phi) is 7.28. The first-order valence-electron chi connectivity index (χ1n) is 5.13. The molecule has 0 aromatic rings. The summed E-state index contributed by atoms with van der Waals surface area (Å²) in [6.07, 6.45) is -1.55. The first-order valence-corrected chi connectivity index (χ1v) is 5.13. The van der Waals surface area contributed by atoms with Crippen molar-refractivity contribution in [2.24, 2.45) is 5.11 Å². The number of azide groups is 1. The summed E-state index contributed by atoms with van der Waals surface area (Å²) in [6.45, 7) is 3.49. The minimum atomic E-state index is -1.30. The molecule has 2 N–H and O–H groups in total. The third kappa shape index (κ3) is 4.97. The number of hydrogen-bond donors (Lipinski definition) is 2. The molecular weight excluding hydrogens is 214 g/mol. The highest BCUT2D eigenvalue weighted by atomic mass is 16.5. The number of carbonyl (C=O) groups is 1. The fraction of sp³-hybridized carbons (Fsp3) is 0.889. The molecule has 0 saturated heterocycles. The van der Waals surface area contributed by atoms with Gasteiger partial charge in [0.1, 0.15) is 0 Å². The van der Waals surface area contributed by atoms with E-state index in [9.17, 15) is 15.0 Å². The van der Waals surface area contributed by atoms with E-state index >= 15 is 0 Å². The number of aliphatic hydroxyl groups excluding tert-OH is 2. The van der Waals surface area contributed by atoms with Gasteiger partial charge in [0, 0.05) is 11.3 Å². The van der Waals surface area contributed by atoms with E-state index in [1.807, 2.05) is 0 Å². The maximum atomic E-state index is 11.3. The average molecular weight is 231 g/mol. The van der Waals surface area contributed by atoms with Gasteiger partial charge >= 0.3 is 5.97 Å². The minimum absolute atomic E-state index is 0.0288. The molecule has 92 valence electrons. The largest absolute Gasteiger partial charge is 0.466 e. The molecule has 0 spiro atoms. The lowest BCUT2D eigenvalue weighted by molar-refractivity contribution is -0.147. The number of aliphatic hydroxyl groups is 2. The number of carbonyl (C=O) groups excluding carboxylic acids is 1. The highest BCUT2D eigenvalue weighted by molar-refractivity contribution is 5.76. The van der Waals surface area contributed by atoms with Crippen molar-refractivity contribution in [2.45, 2.75) is 44.9 Å². The van der Waals surface area contributed by atoms with E-state index in [4.69, 9.17) is 5.53 Å². The Morgan fingerprint density at radius 3 is 2.56 bits per heavy atom. The monoisotopic (exact) mass is 231 g/mol. The molecule has 16 heavy (non-hydrogen) atoms. The van der Waals surface area contributed by atoms with Crippen LogP contribution in [0.3, 0.4) is 0 Å². The van der Waals surface area contributed by atoms with Crippen LogP contribution in [-0.2, 0) is 9.53 Å². The van der Waals surface area contributed by atoms with E-state index in [1.165, 1.54) is 0 Å². The van der Waals surface area contributed by atoms with E-state index < -0.39 is 24.2 Å². The summed E-state index contributed by atoms with van der Waals surface area (Å²) in [7, 11) is 0. The molecule has 0 aliphatic rings. The maximum Gasteiger partial charge on any atom is 0.317 e. The third-order valence-corrected chi connectivity index (χ3v) is 2.05. The van der Waals surface area contributed by atoms with Gasteiger partial charge in [-0.2, -0.15) is 0 Å². The van der Waals surface area contributed by atoms with Gasteiger partial charge in [-0.05, 0) is 18.9 Å². The highest BCUT2D eigenvalue weighted by Gasteiger charge is 2.28. The number of hydrogen-bond acceptors (Lipinski definition) is 5. The van der Waals surface area contributed by atoms with Crippen molar-refractivity contribution >= 4 is 5.97 Å². The van der Waals surface area contributed by atoms with Crippen LogP contribution in [0.2, 0.25) is 0 Å². The smallest absolute Gasteiger partial charge is 0.317 e. The van der Waals surface area contributed by atoms with Crippen LogP contribution in [0, 0.1) is 0 Å². The number of esters is 1. The minimum Gasteiger partial charge on any atom is -0.466 e. The van der Waals surface area contributed by atoms with Gasteiger partial charge in [0.15, 0.2) is 6.04 Å². The van der Waals surface area contributed by atoms with E-state index in [2.05, 4.69) is 14.8 Å². The maximum absolute atomic E-state index is 11.3. The van der Waals surface area contributed by atoms with Gasteiger partial charge in [0.2, 0.25) is 0 Å². The standard InChI is InChI=1S/C9H17N3O4/c1-3-6(13)5-7(14)8(11-12-10)9(15)16-4-2/h6-8,13-14H,3-5H2,1-2H3. The van der Waals surface area contributed by atoms with Crippen molar-refractivity contribution in [3.05, 3.63) is 10.4 Å². The number of rotatable bonds is 7. The molecule has 0 bridgehead atoms. The van der Waals surface area contributed by atoms with Crippen molar-refractivity contribution in [3.8, 4) is 0 Å². The summed E-state index contributed by atoms with van der Waals surface area (Å²) in [5.74, 6) is -0.781. The third-order valence-electron chi connectivity index (χ3n) is 2.05. The topological polar surface area (TPSA) is 116 Å². The highest BCUT2D eigenvalue weighted by Crippen LogP contribution is 2.11. The number of ether oxygens (including phenoxy) is 1. The summed E-state index contributed by atoms with van der Waals surface area (Å²) >= 11 is 0. The van der Waals surface area contributed by atoms with E-state index in [0.29, 0.717) is 6.42 Å². The van der Waals surface area contributed by atoms with Crippen molar-refractivity contribution in [1.29, 1.82) is 0 Å². The van der Waals surface area contributed by atoms with Crippen LogP contribution in [0.5, 0.6) is 0 Å². The summed E-state index contributed by atoms with van der Waals surface area (Å²) in [5.41, 5.74) is 8.27. The van der Waals surface area contributed by atoms with Gasteiger partial charge in [-0.3, -0.25) is 4.79 Å². The Morgan fingerprint density at radius 1 is 1.50 bits per heavy atom. The van der Waals surface area contributed by atoms with Crippen molar-refractivity contribution in [2.75, 3.05) is 6.61 Å². The lowest BCUT2D eigenvalue weighted by Crippen LogP contribution is -2.36. The average Bonchev–Trinajstić information content (AvgIpc) is 2.25. The van der Waals surface area contributed by atoms with Crippen LogP contribution in [0.15, 0.2) is 5.11 Å². The fourth-order valence-corrected chi connectivity index (χ4v) is 1.14. The van der Waals surface area contributed by atoms with Crippen molar-refractivity contribution < 1.29 is 19.7 Å². The molecule has 0 amide bonds. The van der Waals surface area contributed by atoms with Crippen LogP contribution in [-0.4, -0.2) is 41.0 Å². The molecule has 0 radical (unpaired) electrons. The van der Waals surface area contributed by atoms with Crippen molar-refractivity contribution in [3.63, 3.8) is 0 Å². The first-order chi connectivity index (χ1) is 7.56. The molecule has 0 rings (SSSR count). The molecular formula is C9H17N3O4. The Hall–Kier alpha value is -1.30. The molecule has 0 aromatic carbocycles. The molecule has 0 fully saturated rings. The van der Waals surface area contributed by atoms with Crippen LogP contribution in [0.25, 0.3) is 10.4 Å². The summed E-state index contributed by atoms with van der Waals surface area (Å²) in [6, 6.07) is -1.30. The van der Waals surface area contributed by atoms with Gasteiger partial charge in [-0.15, -0.1) is 0 Å². The van der Waals surface area contributed by atoms with E-state index in [0.717, 1.165) is 0 Å². The van der Waals surface area contributed by atoms with E-state index in [1.54, 1.807) is 13.8 Å². The summed E-state index contributed by atoms with van der Waals surface area (Å²) < 4.78 is 4.65. The number of nitrogens with zero attached hydrogens (tertiary/aromatic N) is 3. The van der Waals surface area contributed by atoms with Crippen LogP contribution in [0.1, 0.15) is 26.7 Å². The predicted octanol–water partition coefficient (Wildman–Crippen LogP) is 0.750. The lowest BCUT2D eigenvalue weighted by atomic mass is 10.0. The fourth-order valence-electron chi connectivity index (χ4n) is 1.14. The predicted molar refractivity (Wildman–Crippen MR) is 56.5 cm³/mol. The Bertz CT molecular complexity index is 265. The first kappa shape index (κ1) is 14.7. The quantitative estimate of drug-likeness (QED) is 0.291. The second kappa shape index (κ2) is 7.92. The van der Waals surface area contributed by atoms with Crippen LogP contribution < -0.4 is 0 Å². The van der Waals surface area contributed by atoms with E-state index in [-0.39, 0.29) is 13.0 Å². The molecule has 3 unspecified atom stereocenters. The van der Waals surface area contributed by atoms with Crippen molar-refractivity contribution in [1.82, 2.24) is 0 Å². The molecule has 0 aliphatic carbocycles. The molecule has 0 heterocycles. The molecule has 7 heteroatoms. The zero-order chi connectivity index (χ0) is 12.6. The molecule has 3 atom stereocenters. The Labute approximate surface area is 93.7 Å². The van der Waals surface area contributed by atoms with Crippen LogP contribution >= 0.6 is 0 Å². The molecule has 7 nitrogen and oxygen atoms in total. The van der Waals surface area contributed by atoms with Gasteiger partial charge in [0.25, 0.3) is 0 Å². The second-order valence-electron chi connectivity index (χ2n) is 3.27. The zero-order valence-electron chi connectivity index (χ0n) is 9.41. The van der Waals surface area contributed by atoms with Gasteiger partial charge in [-0.1, -0.05) is 12.0 Å². The molecule has 0 aromatic heterocycles. The van der Waals surface area contributed by atoms with Crippen LogP contribution in [0.4, 0.5) is 0 Å². The Balaban J connectivity index is 4.51. The molecule has 0 saturated carbocycles. The molecule has 0 aliphatic heterocycles.